The van der Waals surface area contributed by atoms with E-state index >= 15 is 0 Å². The van der Waals surface area contributed by atoms with Crippen LogP contribution in [0.15, 0.2) is 110 Å². The molecule has 2 heterocycles. The van der Waals surface area contributed by atoms with Crippen LogP contribution in [-0.4, -0.2) is 0 Å². The average molecular weight is 364 g/mol. The van der Waals surface area contributed by atoms with Gasteiger partial charge in [0, 0.05) is 24.3 Å². The first-order chi connectivity index (χ1) is 13.9. The number of benzene rings is 2. The van der Waals surface area contributed by atoms with Crippen molar-refractivity contribution < 1.29 is 9.97 Å². The Morgan fingerprint density at radius 2 is 0.643 bits per heavy atom. The highest BCUT2D eigenvalue weighted by molar-refractivity contribution is 5.47. The first kappa shape index (κ1) is 16.9. The topological polar surface area (TPSA) is 28.3 Å². The van der Waals surface area contributed by atoms with E-state index in [-0.39, 0.29) is 0 Å². The Labute approximate surface area is 165 Å². The highest BCUT2D eigenvalue weighted by atomic mass is 14.6. The quantitative estimate of drug-likeness (QED) is 0.499. The average Bonchev–Trinajstić information content (AvgIpc) is 2.76. The maximum absolute atomic E-state index is 3.18. The highest BCUT2D eigenvalue weighted by Crippen LogP contribution is 2.66. The SMILES string of the molecule is c1ccc([C@@H]2[C@H](c3ccccc3)[C@@H](c3cc[nH+]cc3)[C@H]2c2cc[nH+]cc2)cc1. The highest BCUT2D eigenvalue weighted by Gasteiger charge is 2.52. The molecule has 0 spiro atoms. The van der Waals surface area contributed by atoms with Gasteiger partial charge in [-0.1, -0.05) is 60.7 Å². The summed E-state index contributed by atoms with van der Waals surface area (Å²) in [6.45, 7) is 0. The minimum atomic E-state index is 0.449. The normalized spacial score (nSPS) is 23.7. The zero-order valence-electron chi connectivity index (χ0n) is 15.7. The van der Waals surface area contributed by atoms with E-state index < -0.39 is 0 Å². The van der Waals surface area contributed by atoms with Crippen LogP contribution in [0.2, 0.25) is 0 Å². The van der Waals surface area contributed by atoms with Gasteiger partial charge >= 0.3 is 0 Å². The van der Waals surface area contributed by atoms with Crippen LogP contribution in [0.3, 0.4) is 0 Å². The van der Waals surface area contributed by atoms with E-state index in [0.29, 0.717) is 23.7 Å². The van der Waals surface area contributed by atoms with Crippen molar-refractivity contribution in [2.24, 2.45) is 0 Å². The number of pyridine rings is 2. The zero-order valence-corrected chi connectivity index (χ0v) is 15.7. The summed E-state index contributed by atoms with van der Waals surface area (Å²) in [5.74, 6) is 1.81. The molecule has 5 rings (SSSR count). The molecule has 0 bridgehead atoms. The van der Waals surface area contributed by atoms with Gasteiger partial charge in [0.05, 0.1) is 0 Å². The van der Waals surface area contributed by atoms with Crippen molar-refractivity contribution in [3.05, 3.63) is 132 Å². The molecule has 0 aliphatic heterocycles. The Morgan fingerprint density at radius 1 is 0.357 bits per heavy atom. The van der Waals surface area contributed by atoms with Crippen LogP contribution < -0.4 is 9.97 Å². The number of aromatic amines is 2. The summed E-state index contributed by atoms with van der Waals surface area (Å²) in [4.78, 5) is 6.37. The maximum atomic E-state index is 3.18. The fraction of sp³-hybridized carbons (Fsp3) is 0.154. The van der Waals surface area contributed by atoms with Crippen molar-refractivity contribution >= 4 is 0 Å². The summed E-state index contributed by atoms with van der Waals surface area (Å²) >= 11 is 0. The van der Waals surface area contributed by atoms with Gasteiger partial charge in [-0.25, -0.2) is 9.97 Å². The van der Waals surface area contributed by atoms with E-state index in [4.69, 9.17) is 0 Å². The molecule has 0 amide bonds. The Morgan fingerprint density at radius 3 is 0.964 bits per heavy atom. The molecule has 136 valence electrons. The van der Waals surface area contributed by atoms with Crippen molar-refractivity contribution in [1.29, 1.82) is 0 Å². The number of hydrogen-bond acceptors (Lipinski definition) is 0. The minimum absolute atomic E-state index is 0.449. The molecule has 0 radical (unpaired) electrons. The van der Waals surface area contributed by atoms with E-state index in [1.807, 2.05) is 24.8 Å². The molecular formula is C26H24N2+2. The third-order valence-electron chi connectivity index (χ3n) is 6.17. The molecular weight excluding hydrogens is 340 g/mol. The lowest BCUT2D eigenvalue weighted by atomic mass is 9.49. The van der Waals surface area contributed by atoms with Gasteiger partial charge in [-0.15, -0.1) is 0 Å². The molecule has 2 aromatic carbocycles. The van der Waals surface area contributed by atoms with E-state index in [9.17, 15) is 0 Å². The lowest BCUT2D eigenvalue weighted by molar-refractivity contribution is -0.378. The lowest BCUT2D eigenvalue weighted by Crippen LogP contribution is -2.40. The van der Waals surface area contributed by atoms with Gasteiger partial charge in [-0.2, -0.15) is 0 Å². The van der Waals surface area contributed by atoms with E-state index in [0.717, 1.165) is 0 Å². The Bertz CT molecular complexity index is 835. The first-order valence-corrected chi connectivity index (χ1v) is 9.95. The molecule has 1 saturated carbocycles. The van der Waals surface area contributed by atoms with Crippen molar-refractivity contribution in [1.82, 2.24) is 0 Å². The third-order valence-corrected chi connectivity index (χ3v) is 6.17. The summed E-state index contributed by atoms with van der Waals surface area (Å²) in [5, 5.41) is 0. The maximum Gasteiger partial charge on any atom is 0.167 e. The van der Waals surface area contributed by atoms with E-state index in [1.54, 1.807) is 0 Å². The van der Waals surface area contributed by atoms with Gasteiger partial charge in [-0.3, -0.25) is 0 Å². The Kier molecular flexibility index (Phi) is 4.46. The van der Waals surface area contributed by atoms with Crippen molar-refractivity contribution in [2.45, 2.75) is 23.7 Å². The first-order valence-electron chi connectivity index (χ1n) is 9.95. The lowest BCUT2D eigenvalue weighted by Gasteiger charge is -2.53. The van der Waals surface area contributed by atoms with Crippen LogP contribution >= 0.6 is 0 Å². The van der Waals surface area contributed by atoms with Crippen LogP contribution in [-0.2, 0) is 0 Å². The van der Waals surface area contributed by atoms with Crippen molar-refractivity contribution in [2.75, 3.05) is 0 Å². The summed E-state index contributed by atoms with van der Waals surface area (Å²) in [5.41, 5.74) is 5.65. The second-order valence-electron chi connectivity index (χ2n) is 7.59. The molecule has 2 aromatic heterocycles. The largest absolute Gasteiger partial charge is 0.218 e. The van der Waals surface area contributed by atoms with Gasteiger partial charge < -0.3 is 0 Å². The number of aromatic nitrogens is 2. The summed E-state index contributed by atoms with van der Waals surface area (Å²) in [6, 6.07) is 31.0. The standard InChI is InChI=1S/C26H22N2/c1-3-7-19(8-4-1)23-24(20-9-5-2-6-10-20)26(22-13-17-28-18-14-22)25(23)21-11-15-27-16-12-21/h1-18,23-26H/p+2/t23-,24+,25+,26-. The van der Waals surface area contributed by atoms with Crippen LogP contribution in [0.25, 0.3) is 0 Å². The zero-order chi connectivity index (χ0) is 18.8. The molecule has 1 aliphatic carbocycles. The van der Waals surface area contributed by atoms with Gasteiger partial charge in [0.2, 0.25) is 0 Å². The third kappa shape index (κ3) is 2.91. The van der Waals surface area contributed by atoms with Crippen LogP contribution in [0.5, 0.6) is 0 Å². The molecule has 2 nitrogen and oxygen atoms in total. The van der Waals surface area contributed by atoms with Gasteiger partial charge in [0.1, 0.15) is 0 Å². The van der Waals surface area contributed by atoms with Crippen LogP contribution in [0, 0.1) is 0 Å². The van der Waals surface area contributed by atoms with Crippen LogP contribution in [0.1, 0.15) is 45.9 Å². The second kappa shape index (κ2) is 7.40. The predicted molar refractivity (Wildman–Crippen MR) is 110 cm³/mol. The number of H-pyrrole nitrogens is 2. The molecule has 1 fully saturated rings. The van der Waals surface area contributed by atoms with Gasteiger partial charge in [0.15, 0.2) is 24.8 Å². The molecule has 0 saturated heterocycles. The molecule has 28 heavy (non-hydrogen) atoms. The molecule has 4 aromatic rings. The van der Waals surface area contributed by atoms with Crippen molar-refractivity contribution in [3.63, 3.8) is 0 Å². The fourth-order valence-electron chi connectivity index (χ4n) is 5.00. The number of hydrogen-bond donors (Lipinski definition) is 0. The Balaban J connectivity index is 1.67. The van der Waals surface area contributed by atoms with E-state index in [2.05, 4.69) is 94.9 Å². The smallest absolute Gasteiger partial charge is 0.167 e. The molecule has 4 atom stereocenters. The molecule has 0 unspecified atom stereocenters. The molecule has 2 N–H and O–H groups in total. The van der Waals surface area contributed by atoms with Crippen LogP contribution in [0.4, 0.5) is 0 Å². The molecule has 1 aliphatic rings. The summed E-state index contributed by atoms with van der Waals surface area (Å²) < 4.78 is 0. The minimum Gasteiger partial charge on any atom is -0.218 e. The van der Waals surface area contributed by atoms with E-state index in [1.165, 1.54) is 22.3 Å². The van der Waals surface area contributed by atoms with Crippen molar-refractivity contribution in [3.8, 4) is 0 Å². The predicted octanol–water partition coefficient (Wildman–Crippen LogP) is 4.76. The van der Waals surface area contributed by atoms with Gasteiger partial charge in [0.25, 0.3) is 0 Å². The number of rotatable bonds is 4. The Hall–Kier alpha value is -3.26. The van der Waals surface area contributed by atoms with Gasteiger partial charge in [-0.05, 0) is 45.9 Å². The summed E-state index contributed by atoms with van der Waals surface area (Å²) in [6.07, 6.45) is 8.18. The second-order valence-corrected chi connectivity index (χ2v) is 7.59. The monoisotopic (exact) mass is 364 g/mol. The summed E-state index contributed by atoms with van der Waals surface area (Å²) in [7, 11) is 0. The fourth-order valence-corrected chi connectivity index (χ4v) is 5.00. The molecule has 2 heteroatoms. The number of nitrogens with one attached hydrogen (secondary N) is 2.